The summed E-state index contributed by atoms with van der Waals surface area (Å²) in [4.78, 5) is 4.32. The number of alkyl halides is 1. The molecule has 0 amide bonds. The van der Waals surface area contributed by atoms with E-state index in [0.29, 0.717) is 5.88 Å². The highest BCUT2D eigenvalue weighted by atomic mass is 35.5. The van der Waals surface area contributed by atoms with Crippen molar-refractivity contribution in [3.05, 3.63) is 17.3 Å². The third-order valence-corrected chi connectivity index (χ3v) is 2.00. The van der Waals surface area contributed by atoms with Crippen molar-refractivity contribution < 1.29 is 4.42 Å². The zero-order chi connectivity index (χ0) is 10.1. The summed E-state index contributed by atoms with van der Waals surface area (Å²) in [6.07, 6.45) is 0.852. The lowest BCUT2D eigenvalue weighted by Gasteiger charge is -2.14. The molecule has 0 N–H and O–H groups in total. The Hall–Kier alpha value is -0.500. The van der Waals surface area contributed by atoms with E-state index in [-0.39, 0.29) is 5.41 Å². The molecule has 1 heterocycles. The van der Waals surface area contributed by atoms with Gasteiger partial charge in [0.1, 0.15) is 5.76 Å². The first kappa shape index (κ1) is 10.6. The number of hydrogen-bond acceptors (Lipinski definition) is 2. The summed E-state index contributed by atoms with van der Waals surface area (Å²) in [6.45, 7) is 8.38. The van der Waals surface area contributed by atoms with Crippen molar-refractivity contribution in [2.75, 3.05) is 0 Å². The Morgan fingerprint density at radius 2 is 2.00 bits per heavy atom. The minimum absolute atomic E-state index is 0.209. The van der Waals surface area contributed by atoms with Gasteiger partial charge < -0.3 is 4.42 Å². The van der Waals surface area contributed by atoms with Crippen LogP contribution in [0.3, 0.4) is 0 Å². The van der Waals surface area contributed by atoms with Gasteiger partial charge in [0.05, 0.1) is 11.6 Å². The summed E-state index contributed by atoms with van der Waals surface area (Å²) in [7, 11) is 0. The Morgan fingerprint density at radius 1 is 1.38 bits per heavy atom. The first-order valence-electron chi connectivity index (χ1n) is 4.43. The summed E-state index contributed by atoms with van der Waals surface area (Å²) < 4.78 is 5.49. The molecule has 0 saturated heterocycles. The Bertz CT molecular complexity index is 286. The monoisotopic (exact) mass is 201 g/mol. The van der Waals surface area contributed by atoms with Crippen LogP contribution in [0.1, 0.15) is 38.1 Å². The molecule has 0 saturated carbocycles. The molecule has 0 unspecified atom stereocenters. The van der Waals surface area contributed by atoms with Crippen molar-refractivity contribution >= 4 is 11.6 Å². The third kappa shape index (κ3) is 3.03. The Kier molecular flexibility index (Phi) is 3.01. The molecule has 74 valence electrons. The van der Waals surface area contributed by atoms with Crippen LogP contribution in [0.15, 0.2) is 4.42 Å². The molecule has 0 fully saturated rings. The van der Waals surface area contributed by atoms with E-state index >= 15 is 0 Å². The van der Waals surface area contributed by atoms with E-state index in [4.69, 9.17) is 16.0 Å². The lowest BCUT2D eigenvalue weighted by atomic mass is 9.92. The molecule has 0 aliphatic rings. The van der Waals surface area contributed by atoms with Gasteiger partial charge in [-0.3, -0.25) is 0 Å². The molecule has 1 rings (SSSR count). The second-order valence-corrected chi connectivity index (χ2v) is 4.75. The van der Waals surface area contributed by atoms with Crippen molar-refractivity contribution in [1.82, 2.24) is 4.98 Å². The average Bonchev–Trinajstić information content (AvgIpc) is 2.26. The summed E-state index contributed by atoms with van der Waals surface area (Å²) in [5, 5.41) is 0. The molecule has 2 nitrogen and oxygen atoms in total. The number of rotatable bonds is 2. The highest BCUT2D eigenvalue weighted by Crippen LogP contribution is 2.22. The standard InChI is InChI=1S/C10H16ClNO/c1-7-8(6-11)12-9(13-7)5-10(2,3)4/h5-6H2,1-4H3. The van der Waals surface area contributed by atoms with E-state index in [1.807, 2.05) is 6.92 Å². The van der Waals surface area contributed by atoms with Gasteiger partial charge in [-0.05, 0) is 12.3 Å². The highest BCUT2D eigenvalue weighted by Gasteiger charge is 2.16. The second kappa shape index (κ2) is 3.70. The fraction of sp³-hybridized carbons (Fsp3) is 0.700. The summed E-state index contributed by atoms with van der Waals surface area (Å²) in [5.74, 6) is 2.06. The number of aryl methyl sites for hydroxylation is 1. The quantitative estimate of drug-likeness (QED) is 0.687. The van der Waals surface area contributed by atoms with Crippen LogP contribution in [-0.2, 0) is 12.3 Å². The van der Waals surface area contributed by atoms with Crippen LogP contribution in [0.2, 0.25) is 0 Å². The summed E-state index contributed by atoms with van der Waals surface area (Å²) in [5.41, 5.74) is 1.07. The van der Waals surface area contributed by atoms with Crippen LogP contribution in [0.4, 0.5) is 0 Å². The number of halogens is 1. The minimum atomic E-state index is 0.209. The van der Waals surface area contributed by atoms with E-state index < -0.39 is 0 Å². The Labute approximate surface area is 84.3 Å². The van der Waals surface area contributed by atoms with Crippen LogP contribution >= 0.6 is 11.6 Å². The van der Waals surface area contributed by atoms with E-state index in [1.54, 1.807) is 0 Å². The van der Waals surface area contributed by atoms with E-state index in [1.165, 1.54) is 0 Å². The van der Waals surface area contributed by atoms with Gasteiger partial charge in [0, 0.05) is 6.42 Å². The van der Waals surface area contributed by atoms with Gasteiger partial charge in [-0.25, -0.2) is 4.98 Å². The first-order valence-corrected chi connectivity index (χ1v) is 4.97. The molecule has 1 aromatic heterocycles. The second-order valence-electron chi connectivity index (χ2n) is 4.48. The molecule has 0 atom stereocenters. The number of aromatic nitrogens is 1. The maximum atomic E-state index is 5.69. The van der Waals surface area contributed by atoms with Gasteiger partial charge in [0.15, 0.2) is 5.89 Å². The van der Waals surface area contributed by atoms with Gasteiger partial charge in [0.2, 0.25) is 0 Å². The topological polar surface area (TPSA) is 26.0 Å². The zero-order valence-corrected chi connectivity index (χ0v) is 9.40. The normalized spacial score (nSPS) is 12.1. The third-order valence-electron chi connectivity index (χ3n) is 1.75. The van der Waals surface area contributed by atoms with Gasteiger partial charge in [-0.1, -0.05) is 20.8 Å². The smallest absolute Gasteiger partial charge is 0.195 e. The van der Waals surface area contributed by atoms with Crippen molar-refractivity contribution in [3.8, 4) is 0 Å². The SMILES string of the molecule is Cc1oc(CC(C)(C)C)nc1CCl. The molecule has 0 radical (unpaired) electrons. The lowest BCUT2D eigenvalue weighted by molar-refractivity contribution is 0.349. The van der Waals surface area contributed by atoms with Gasteiger partial charge in [0.25, 0.3) is 0 Å². The van der Waals surface area contributed by atoms with Crippen LogP contribution in [0.25, 0.3) is 0 Å². The maximum Gasteiger partial charge on any atom is 0.195 e. The largest absolute Gasteiger partial charge is 0.446 e. The van der Waals surface area contributed by atoms with Gasteiger partial charge in [-0.2, -0.15) is 0 Å². The molecular weight excluding hydrogens is 186 g/mol. The van der Waals surface area contributed by atoms with E-state index in [9.17, 15) is 0 Å². The van der Waals surface area contributed by atoms with E-state index in [0.717, 1.165) is 23.8 Å². The minimum Gasteiger partial charge on any atom is -0.446 e. The molecule has 0 bridgehead atoms. The van der Waals surface area contributed by atoms with Crippen molar-refractivity contribution in [3.63, 3.8) is 0 Å². The van der Waals surface area contributed by atoms with E-state index in [2.05, 4.69) is 25.8 Å². The molecule has 3 heteroatoms. The first-order chi connectivity index (χ1) is 5.92. The van der Waals surface area contributed by atoms with Crippen molar-refractivity contribution in [1.29, 1.82) is 0 Å². The predicted octanol–water partition coefficient (Wildman–Crippen LogP) is 3.31. The molecule has 0 spiro atoms. The fourth-order valence-corrected chi connectivity index (χ4v) is 1.39. The number of hydrogen-bond donors (Lipinski definition) is 0. The zero-order valence-electron chi connectivity index (χ0n) is 8.65. The van der Waals surface area contributed by atoms with Crippen LogP contribution < -0.4 is 0 Å². The molecule has 0 aliphatic carbocycles. The van der Waals surface area contributed by atoms with Crippen molar-refractivity contribution in [2.45, 2.75) is 40.0 Å². The maximum absolute atomic E-state index is 5.69. The summed E-state index contributed by atoms with van der Waals surface area (Å²) >= 11 is 5.69. The molecule has 1 aromatic rings. The van der Waals surface area contributed by atoms with Gasteiger partial charge in [-0.15, -0.1) is 11.6 Å². The van der Waals surface area contributed by atoms with Crippen LogP contribution in [-0.4, -0.2) is 4.98 Å². The Morgan fingerprint density at radius 3 is 2.38 bits per heavy atom. The molecule has 13 heavy (non-hydrogen) atoms. The van der Waals surface area contributed by atoms with Crippen molar-refractivity contribution in [2.24, 2.45) is 5.41 Å². The predicted molar refractivity (Wildman–Crippen MR) is 54.0 cm³/mol. The molecule has 0 aromatic carbocycles. The average molecular weight is 202 g/mol. The molecule has 0 aliphatic heterocycles. The van der Waals surface area contributed by atoms with Gasteiger partial charge >= 0.3 is 0 Å². The number of nitrogens with zero attached hydrogens (tertiary/aromatic N) is 1. The fourth-order valence-electron chi connectivity index (χ4n) is 1.14. The lowest BCUT2D eigenvalue weighted by Crippen LogP contribution is -2.09. The Balaban J connectivity index is 2.80. The van der Waals surface area contributed by atoms with Crippen LogP contribution in [0, 0.1) is 12.3 Å². The summed E-state index contributed by atoms with van der Waals surface area (Å²) in [6, 6.07) is 0. The number of oxazole rings is 1. The highest BCUT2D eigenvalue weighted by molar-refractivity contribution is 6.16. The molecular formula is C10H16ClNO. The van der Waals surface area contributed by atoms with Crippen LogP contribution in [0.5, 0.6) is 0 Å².